The molecule has 31 heavy (non-hydrogen) atoms. The highest BCUT2D eigenvalue weighted by Crippen LogP contribution is 2.39. The number of amides is 1. The number of benzene rings is 1. The number of aromatic nitrogens is 1. The van der Waals surface area contributed by atoms with Gasteiger partial charge in [-0.1, -0.05) is 6.07 Å². The zero-order chi connectivity index (χ0) is 21.8. The second-order valence-electron chi connectivity index (χ2n) is 7.46. The quantitative estimate of drug-likeness (QED) is 0.431. The predicted octanol–water partition coefficient (Wildman–Crippen LogP) is 1.84. The number of hydrogen-bond donors (Lipinski definition) is 1. The molecule has 0 spiro atoms. The molecule has 3 heterocycles. The molecule has 1 N–H and O–H groups in total. The molecule has 0 saturated carbocycles. The van der Waals surface area contributed by atoms with Gasteiger partial charge in [0, 0.05) is 44.1 Å². The number of carbonyl (C=O) groups excluding carboxylic acids is 2. The maximum atomic E-state index is 13.0. The minimum Gasteiger partial charge on any atom is -0.507 e. The van der Waals surface area contributed by atoms with Crippen molar-refractivity contribution in [2.75, 3.05) is 46.5 Å². The van der Waals surface area contributed by atoms with Crippen LogP contribution < -0.4 is 4.74 Å². The number of aliphatic hydroxyl groups excluding tert-OH is 1. The van der Waals surface area contributed by atoms with Crippen LogP contribution in [0.4, 0.5) is 0 Å². The van der Waals surface area contributed by atoms with Gasteiger partial charge >= 0.3 is 0 Å². The standard InChI is InChI=1S/C23H25N3O5/c1-30-18-6-4-16(5-7-18)21(27)19-20(17-3-2-8-24-15-17)26(23(29)22(19)28)10-9-25-11-13-31-14-12-25/h2-8,15,20,27H,9-14H2,1H3/b21-19+. The fraction of sp³-hybridized carbons (Fsp3) is 0.348. The molecule has 1 atom stereocenters. The monoisotopic (exact) mass is 423 g/mol. The summed E-state index contributed by atoms with van der Waals surface area (Å²) < 4.78 is 10.5. The molecule has 2 fully saturated rings. The third-order valence-corrected chi connectivity index (χ3v) is 5.66. The van der Waals surface area contributed by atoms with Crippen molar-refractivity contribution >= 4 is 17.4 Å². The second kappa shape index (κ2) is 9.28. The Bertz CT molecular complexity index is 968. The Kier molecular flexibility index (Phi) is 6.29. The average Bonchev–Trinajstić information content (AvgIpc) is 3.08. The van der Waals surface area contributed by atoms with Crippen LogP contribution in [0.1, 0.15) is 17.2 Å². The summed E-state index contributed by atoms with van der Waals surface area (Å²) in [6, 6.07) is 9.59. The van der Waals surface area contributed by atoms with E-state index in [0.29, 0.717) is 43.2 Å². The van der Waals surface area contributed by atoms with Gasteiger partial charge in [0.1, 0.15) is 11.5 Å². The van der Waals surface area contributed by atoms with Gasteiger partial charge in [0.2, 0.25) is 0 Å². The van der Waals surface area contributed by atoms with Crippen LogP contribution in [-0.2, 0) is 14.3 Å². The van der Waals surface area contributed by atoms with Gasteiger partial charge in [0.05, 0.1) is 31.9 Å². The molecule has 4 rings (SSSR count). The van der Waals surface area contributed by atoms with Gasteiger partial charge in [-0.25, -0.2) is 0 Å². The van der Waals surface area contributed by atoms with Gasteiger partial charge in [-0.05, 0) is 35.9 Å². The normalized spacial score (nSPS) is 21.5. The first-order chi connectivity index (χ1) is 15.1. The van der Waals surface area contributed by atoms with Crippen LogP contribution in [0.25, 0.3) is 5.76 Å². The second-order valence-corrected chi connectivity index (χ2v) is 7.46. The lowest BCUT2D eigenvalue weighted by atomic mass is 9.96. The lowest BCUT2D eigenvalue weighted by Gasteiger charge is -2.30. The van der Waals surface area contributed by atoms with E-state index in [4.69, 9.17) is 9.47 Å². The van der Waals surface area contributed by atoms with Gasteiger partial charge in [-0.15, -0.1) is 0 Å². The molecule has 8 nitrogen and oxygen atoms in total. The third kappa shape index (κ3) is 4.30. The highest BCUT2D eigenvalue weighted by atomic mass is 16.5. The van der Waals surface area contributed by atoms with Crippen LogP contribution in [0.5, 0.6) is 5.75 Å². The first-order valence-electron chi connectivity index (χ1n) is 10.2. The van der Waals surface area contributed by atoms with Gasteiger partial charge < -0.3 is 19.5 Å². The molecule has 1 aromatic heterocycles. The highest BCUT2D eigenvalue weighted by molar-refractivity contribution is 6.46. The summed E-state index contributed by atoms with van der Waals surface area (Å²) in [6.07, 6.45) is 3.26. The molecule has 2 aliphatic rings. The maximum absolute atomic E-state index is 13.0. The summed E-state index contributed by atoms with van der Waals surface area (Å²) >= 11 is 0. The molecule has 2 aliphatic heterocycles. The van der Waals surface area contributed by atoms with Crippen molar-refractivity contribution in [2.24, 2.45) is 0 Å². The summed E-state index contributed by atoms with van der Waals surface area (Å²) in [4.78, 5) is 33.8. The van der Waals surface area contributed by atoms with Crippen LogP contribution in [0.15, 0.2) is 54.4 Å². The number of morpholine rings is 1. The molecule has 0 radical (unpaired) electrons. The fourth-order valence-electron chi connectivity index (χ4n) is 3.97. The van der Waals surface area contributed by atoms with E-state index in [1.807, 2.05) is 6.07 Å². The van der Waals surface area contributed by atoms with Gasteiger partial charge in [0.25, 0.3) is 11.7 Å². The first-order valence-corrected chi connectivity index (χ1v) is 10.2. The largest absolute Gasteiger partial charge is 0.507 e. The Morgan fingerprint density at radius 2 is 1.90 bits per heavy atom. The number of pyridine rings is 1. The average molecular weight is 423 g/mol. The molecular weight excluding hydrogens is 398 g/mol. The Hall–Kier alpha value is -3.23. The SMILES string of the molecule is COc1ccc(/C(O)=C2\C(=O)C(=O)N(CCN3CCOCC3)C2c2cccnc2)cc1. The van der Waals surface area contributed by atoms with Crippen LogP contribution in [0.2, 0.25) is 0 Å². The number of rotatable bonds is 6. The van der Waals surface area contributed by atoms with E-state index in [1.165, 1.54) is 4.90 Å². The number of Topliss-reactive ketones (excluding diaryl/α,β-unsaturated/α-hetero) is 1. The summed E-state index contributed by atoms with van der Waals surface area (Å²) in [6.45, 7) is 3.87. The van der Waals surface area contributed by atoms with Crippen LogP contribution in [0, 0.1) is 0 Å². The minimum atomic E-state index is -0.697. The van der Waals surface area contributed by atoms with E-state index < -0.39 is 17.7 Å². The molecule has 0 bridgehead atoms. The van der Waals surface area contributed by atoms with Crippen molar-refractivity contribution in [3.05, 3.63) is 65.5 Å². The van der Waals surface area contributed by atoms with Crippen molar-refractivity contribution in [2.45, 2.75) is 6.04 Å². The Balaban J connectivity index is 1.70. The van der Waals surface area contributed by atoms with Crippen LogP contribution >= 0.6 is 0 Å². The van der Waals surface area contributed by atoms with E-state index in [0.717, 1.165) is 13.1 Å². The number of nitrogens with zero attached hydrogens (tertiary/aromatic N) is 3. The number of carbonyl (C=O) groups is 2. The molecule has 1 amide bonds. The summed E-state index contributed by atoms with van der Waals surface area (Å²) in [7, 11) is 1.55. The Labute approximate surface area is 180 Å². The summed E-state index contributed by atoms with van der Waals surface area (Å²) in [5.74, 6) is -0.878. The van der Waals surface area contributed by atoms with E-state index in [9.17, 15) is 14.7 Å². The zero-order valence-corrected chi connectivity index (χ0v) is 17.4. The molecule has 8 heteroatoms. The number of ketones is 1. The van der Waals surface area contributed by atoms with Crippen molar-refractivity contribution in [3.63, 3.8) is 0 Å². The highest BCUT2D eigenvalue weighted by Gasteiger charge is 2.46. The van der Waals surface area contributed by atoms with Crippen molar-refractivity contribution in [3.8, 4) is 5.75 Å². The minimum absolute atomic E-state index is 0.0742. The number of aliphatic hydroxyl groups is 1. The van der Waals surface area contributed by atoms with E-state index in [1.54, 1.807) is 49.8 Å². The van der Waals surface area contributed by atoms with E-state index in [-0.39, 0.29) is 11.3 Å². The van der Waals surface area contributed by atoms with E-state index >= 15 is 0 Å². The first kappa shape index (κ1) is 21.0. The lowest BCUT2D eigenvalue weighted by molar-refractivity contribution is -0.140. The number of hydrogen-bond acceptors (Lipinski definition) is 7. The topological polar surface area (TPSA) is 92.2 Å². The van der Waals surface area contributed by atoms with Gasteiger partial charge in [-0.3, -0.25) is 19.5 Å². The number of likely N-dealkylation sites (tertiary alicyclic amines) is 1. The van der Waals surface area contributed by atoms with E-state index in [2.05, 4.69) is 9.88 Å². The predicted molar refractivity (Wildman–Crippen MR) is 113 cm³/mol. The molecule has 1 unspecified atom stereocenters. The van der Waals surface area contributed by atoms with Crippen molar-refractivity contribution < 1.29 is 24.2 Å². The number of ether oxygens (including phenoxy) is 2. The van der Waals surface area contributed by atoms with Crippen molar-refractivity contribution in [1.82, 2.24) is 14.8 Å². The Morgan fingerprint density at radius 3 is 2.55 bits per heavy atom. The summed E-state index contributed by atoms with van der Waals surface area (Å²) in [5, 5.41) is 11.0. The number of methoxy groups -OCH3 is 1. The summed E-state index contributed by atoms with van der Waals surface area (Å²) in [5.41, 5.74) is 1.20. The molecule has 2 aromatic rings. The van der Waals surface area contributed by atoms with Crippen LogP contribution in [0.3, 0.4) is 0 Å². The fourth-order valence-corrected chi connectivity index (χ4v) is 3.97. The van der Waals surface area contributed by atoms with Crippen LogP contribution in [-0.4, -0.2) is 78.1 Å². The molecule has 2 saturated heterocycles. The third-order valence-electron chi connectivity index (χ3n) is 5.66. The molecular formula is C23H25N3O5. The van der Waals surface area contributed by atoms with Crippen molar-refractivity contribution in [1.29, 1.82) is 0 Å². The zero-order valence-electron chi connectivity index (χ0n) is 17.4. The molecule has 162 valence electrons. The smallest absolute Gasteiger partial charge is 0.295 e. The molecule has 0 aliphatic carbocycles. The Morgan fingerprint density at radius 1 is 1.16 bits per heavy atom. The van der Waals surface area contributed by atoms with Gasteiger partial charge in [-0.2, -0.15) is 0 Å². The molecule has 1 aromatic carbocycles. The van der Waals surface area contributed by atoms with Gasteiger partial charge in [0.15, 0.2) is 0 Å². The lowest BCUT2D eigenvalue weighted by Crippen LogP contribution is -2.42. The maximum Gasteiger partial charge on any atom is 0.295 e.